The van der Waals surface area contributed by atoms with Gasteiger partial charge in [-0.1, -0.05) is 0 Å². The van der Waals surface area contributed by atoms with Gasteiger partial charge in [0.2, 0.25) is 11.8 Å². The average molecular weight is 454 g/mol. The van der Waals surface area contributed by atoms with Crippen molar-refractivity contribution in [2.45, 2.75) is 32.5 Å². The minimum atomic E-state index is -4.56. The van der Waals surface area contributed by atoms with Crippen molar-refractivity contribution in [1.29, 1.82) is 0 Å². The van der Waals surface area contributed by atoms with Gasteiger partial charge in [0.05, 0.1) is 29.2 Å². The van der Waals surface area contributed by atoms with Crippen molar-refractivity contribution < 1.29 is 22.0 Å². The van der Waals surface area contributed by atoms with Crippen LogP contribution in [-0.2, 0) is 12.7 Å². The highest BCUT2D eigenvalue weighted by Gasteiger charge is 2.48. The van der Waals surface area contributed by atoms with Crippen molar-refractivity contribution in [2.75, 3.05) is 36.0 Å². The number of alkyl halides is 5. The van der Waals surface area contributed by atoms with E-state index in [2.05, 4.69) is 25.0 Å². The first-order chi connectivity index (χ1) is 15.1. The van der Waals surface area contributed by atoms with Crippen molar-refractivity contribution in [1.82, 2.24) is 29.7 Å². The molecule has 0 aromatic carbocycles. The highest BCUT2D eigenvalue weighted by molar-refractivity contribution is 5.78. The molecule has 13 heteroatoms. The van der Waals surface area contributed by atoms with Gasteiger partial charge in [0.15, 0.2) is 5.65 Å². The van der Waals surface area contributed by atoms with E-state index in [4.69, 9.17) is 0 Å². The molecule has 2 aliphatic heterocycles. The van der Waals surface area contributed by atoms with Crippen LogP contribution < -0.4 is 9.80 Å². The molecule has 0 bridgehead atoms. The van der Waals surface area contributed by atoms with Gasteiger partial charge in [-0.05, 0) is 13.3 Å². The van der Waals surface area contributed by atoms with Crippen molar-refractivity contribution in [3.8, 4) is 0 Å². The molecule has 2 aliphatic rings. The zero-order valence-corrected chi connectivity index (χ0v) is 17.0. The van der Waals surface area contributed by atoms with Gasteiger partial charge in [-0.2, -0.15) is 23.3 Å². The van der Waals surface area contributed by atoms with Crippen LogP contribution in [0.15, 0.2) is 18.6 Å². The van der Waals surface area contributed by atoms with E-state index in [9.17, 15) is 22.0 Å². The number of nitrogens with zero attached hydrogens (tertiary/aromatic N) is 8. The summed E-state index contributed by atoms with van der Waals surface area (Å²) in [6.45, 7) is 3.87. The lowest BCUT2D eigenvalue weighted by molar-refractivity contribution is -0.145. The summed E-state index contributed by atoms with van der Waals surface area (Å²) in [6, 6.07) is 0. The van der Waals surface area contributed by atoms with E-state index in [1.54, 1.807) is 13.1 Å². The number of halogens is 5. The van der Waals surface area contributed by atoms with E-state index in [0.29, 0.717) is 54.5 Å². The topological polar surface area (TPSA) is 75.9 Å². The van der Waals surface area contributed by atoms with Gasteiger partial charge in [-0.15, -0.1) is 0 Å². The summed E-state index contributed by atoms with van der Waals surface area (Å²) in [4.78, 5) is 19.7. The molecule has 170 valence electrons. The van der Waals surface area contributed by atoms with E-state index in [0.717, 1.165) is 6.42 Å². The third kappa shape index (κ3) is 3.58. The van der Waals surface area contributed by atoms with Crippen LogP contribution in [0.2, 0.25) is 0 Å². The van der Waals surface area contributed by atoms with Gasteiger partial charge in [-0.25, -0.2) is 28.4 Å². The minimum absolute atomic E-state index is 0.0415. The van der Waals surface area contributed by atoms with Crippen LogP contribution in [0.5, 0.6) is 0 Å². The van der Waals surface area contributed by atoms with Crippen molar-refractivity contribution in [3.63, 3.8) is 0 Å². The molecule has 0 unspecified atom stereocenters. The predicted octanol–water partition coefficient (Wildman–Crippen LogP) is 2.93. The number of hydrogen-bond donors (Lipinski definition) is 0. The second kappa shape index (κ2) is 7.20. The number of aryl methyl sites for hydroxylation is 1. The number of anilines is 2. The van der Waals surface area contributed by atoms with Crippen LogP contribution in [0.3, 0.4) is 0 Å². The lowest BCUT2D eigenvalue weighted by Gasteiger charge is -2.49. The van der Waals surface area contributed by atoms with E-state index >= 15 is 0 Å². The fourth-order valence-corrected chi connectivity index (χ4v) is 4.45. The molecule has 2 fully saturated rings. The molecule has 3 aromatic rings. The molecule has 8 nitrogen and oxygen atoms in total. The molecule has 32 heavy (non-hydrogen) atoms. The summed E-state index contributed by atoms with van der Waals surface area (Å²) in [7, 11) is 0. The summed E-state index contributed by atoms with van der Waals surface area (Å²) >= 11 is 0. The Bertz CT molecular complexity index is 1140. The van der Waals surface area contributed by atoms with Crippen LogP contribution in [0.4, 0.5) is 33.6 Å². The highest BCUT2D eigenvalue weighted by atomic mass is 19.4. The SMILES string of the molecule is Cc1nn(CC(F)F)c2nc(N3CCC4(CN(c5cnc(C(F)(F)F)nc5)C4)C3)ncc12. The Morgan fingerprint density at radius 2 is 1.72 bits per heavy atom. The predicted molar refractivity (Wildman–Crippen MR) is 105 cm³/mol. The van der Waals surface area contributed by atoms with Crippen LogP contribution in [0, 0.1) is 12.3 Å². The van der Waals surface area contributed by atoms with Gasteiger partial charge in [-0.3, -0.25) is 0 Å². The Morgan fingerprint density at radius 3 is 2.38 bits per heavy atom. The zero-order chi connectivity index (χ0) is 22.7. The summed E-state index contributed by atoms with van der Waals surface area (Å²) in [6.07, 6.45) is -2.24. The summed E-state index contributed by atoms with van der Waals surface area (Å²) in [5.41, 5.74) is 1.48. The van der Waals surface area contributed by atoms with E-state index in [-0.39, 0.29) is 5.41 Å². The van der Waals surface area contributed by atoms with E-state index in [1.807, 2.05) is 9.80 Å². The summed E-state index contributed by atoms with van der Waals surface area (Å²) in [5.74, 6) is -0.696. The first-order valence-corrected chi connectivity index (χ1v) is 10.0. The molecular weight excluding hydrogens is 435 g/mol. The number of rotatable bonds is 4. The number of fused-ring (bicyclic) bond motifs is 1. The van der Waals surface area contributed by atoms with Crippen molar-refractivity contribution in [3.05, 3.63) is 30.1 Å². The molecule has 2 saturated heterocycles. The standard InChI is InChI=1S/C19H19F5N8/c1-11-13-6-27-17(28-15(13)32(29-11)7-14(20)21)30-3-2-18(8-30)9-31(10-18)12-4-25-16(26-5-12)19(22,23)24/h4-6,14H,2-3,7-10H2,1H3. The van der Waals surface area contributed by atoms with Gasteiger partial charge in [0.1, 0.15) is 6.54 Å². The maximum Gasteiger partial charge on any atom is 0.451 e. The Kier molecular flexibility index (Phi) is 4.67. The lowest BCUT2D eigenvalue weighted by Crippen LogP contribution is -2.58. The molecule has 0 N–H and O–H groups in total. The number of aromatic nitrogens is 6. The largest absolute Gasteiger partial charge is 0.451 e. The maximum absolute atomic E-state index is 12.9. The van der Waals surface area contributed by atoms with Crippen molar-refractivity contribution in [2.24, 2.45) is 5.41 Å². The molecule has 0 amide bonds. The van der Waals surface area contributed by atoms with Crippen LogP contribution >= 0.6 is 0 Å². The Hall–Kier alpha value is -3.12. The van der Waals surface area contributed by atoms with Gasteiger partial charge >= 0.3 is 6.18 Å². The van der Waals surface area contributed by atoms with Gasteiger partial charge in [0.25, 0.3) is 6.43 Å². The van der Waals surface area contributed by atoms with Crippen molar-refractivity contribution >= 4 is 22.7 Å². The molecule has 0 aliphatic carbocycles. The summed E-state index contributed by atoms with van der Waals surface area (Å²) in [5, 5.41) is 4.78. The molecule has 0 atom stereocenters. The van der Waals surface area contributed by atoms with Crippen LogP contribution in [0.1, 0.15) is 17.9 Å². The number of hydrogen-bond acceptors (Lipinski definition) is 7. The third-order valence-corrected chi connectivity index (χ3v) is 6.00. The Morgan fingerprint density at radius 1 is 1.03 bits per heavy atom. The van der Waals surface area contributed by atoms with E-state index in [1.165, 1.54) is 17.1 Å². The fraction of sp³-hybridized carbons (Fsp3) is 0.526. The molecule has 0 radical (unpaired) electrons. The van der Waals surface area contributed by atoms with Crippen LogP contribution in [-0.4, -0.2) is 62.3 Å². The molecule has 5 heterocycles. The third-order valence-electron chi connectivity index (χ3n) is 6.00. The smallest absolute Gasteiger partial charge is 0.368 e. The monoisotopic (exact) mass is 454 g/mol. The van der Waals surface area contributed by atoms with E-state index < -0.39 is 25.0 Å². The molecule has 5 rings (SSSR count). The first-order valence-electron chi connectivity index (χ1n) is 10.0. The lowest BCUT2D eigenvalue weighted by atomic mass is 9.79. The maximum atomic E-state index is 12.9. The van der Waals surface area contributed by atoms with Crippen LogP contribution in [0.25, 0.3) is 11.0 Å². The average Bonchev–Trinajstić information content (AvgIpc) is 3.28. The fourth-order valence-electron chi connectivity index (χ4n) is 4.45. The molecule has 1 spiro atoms. The minimum Gasteiger partial charge on any atom is -0.368 e. The molecule has 0 saturated carbocycles. The molecule has 3 aromatic heterocycles. The summed E-state index contributed by atoms with van der Waals surface area (Å²) < 4.78 is 64.9. The quantitative estimate of drug-likeness (QED) is 0.561. The second-order valence-electron chi connectivity index (χ2n) is 8.36. The first kappa shape index (κ1) is 20.8. The Balaban J connectivity index is 1.29. The zero-order valence-electron chi connectivity index (χ0n) is 17.0. The second-order valence-corrected chi connectivity index (χ2v) is 8.36. The van der Waals surface area contributed by atoms with Gasteiger partial charge in [0, 0.05) is 37.8 Å². The highest BCUT2D eigenvalue weighted by Crippen LogP contribution is 2.42. The normalized spacial score (nSPS) is 18.2. The Labute approximate surface area is 179 Å². The molecular formula is C19H19F5N8. The van der Waals surface area contributed by atoms with Gasteiger partial charge < -0.3 is 9.80 Å².